The quantitative estimate of drug-likeness (QED) is 0.396. The molecule has 3 radical (unpaired) electrons. The molecule has 29 valence electrons. The minimum Gasteiger partial charge on any atom is -0.285 e. The summed E-state index contributed by atoms with van der Waals surface area (Å²) in [5.41, 5.74) is 0. The van der Waals surface area contributed by atoms with Crippen LogP contribution in [0.1, 0.15) is 0 Å². The molecule has 0 aliphatic heterocycles. The molecular formula is C2H2N3Si. The predicted octanol–water partition coefficient (Wildman–Crippen LogP) is -0.790. The summed E-state index contributed by atoms with van der Waals surface area (Å²) in [7, 11) is 3.07. The third-order valence-corrected chi connectivity index (χ3v) is 0.661. The van der Waals surface area contributed by atoms with Crippen LogP contribution in [0.3, 0.4) is 0 Å². The largest absolute Gasteiger partial charge is 0.285 e. The van der Waals surface area contributed by atoms with Gasteiger partial charge in [0, 0.05) is 6.20 Å². The molecule has 0 atom stereocenters. The van der Waals surface area contributed by atoms with Crippen molar-refractivity contribution in [2.45, 2.75) is 0 Å². The topological polar surface area (TPSA) is 30.7 Å². The number of hydrogen-bond acceptors (Lipinski definition) is 2. The van der Waals surface area contributed by atoms with Crippen LogP contribution in [-0.2, 0) is 0 Å². The van der Waals surface area contributed by atoms with Crippen LogP contribution in [0.15, 0.2) is 12.4 Å². The maximum absolute atomic E-state index is 3.50. The normalized spacial score (nSPS) is 8.83. The lowest BCUT2D eigenvalue weighted by atomic mass is 11.0. The van der Waals surface area contributed by atoms with Crippen molar-refractivity contribution in [3.63, 3.8) is 0 Å². The first kappa shape index (κ1) is 3.54. The van der Waals surface area contributed by atoms with Gasteiger partial charge in [0.25, 0.3) is 0 Å². The van der Waals surface area contributed by atoms with E-state index < -0.39 is 0 Å². The number of aromatic nitrogens is 3. The van der Waals surface area contributed by atoms with Crippen molar-refractivity contribution in [3.8, 4) is 0 Å². The molecule has 1 rings (SSSR count). The van der Waals surface area contributed by atoms with E-state index in [1.54, 1.807) is 12.4 Å². The minimum absolute atomic E-state index is 1.44. The molecule has 0 amide bonds. The summed E-state index contributed by atoms with van der Waals surface area (Å²) in [5.74, 6) is 0. The molecule has 0 unspecified atom stereocenters. The molecule has 0 bridgehead atoms. The maximum atomic E-state index is 3.50. The van der Waals surface area contributed by atoms with Crippen LogP contribution in [0.4, 0.5) is 0 Å². The Morgan fingerprint density at radius 2 is 2.50 bits per heavy atom. The third kappa shape index (κ3) is 0.461. The molecule has 4 heteroatoms. The molecule has 3 nitrogen and oxygen atoms in total. The standard InChI is InChI=1S/C2H2N3Si/c6-5-2-1-3-4-5/h1-2H. The lowest BCUT2D eigenvalue weighted by Gasteiger charge is -1.73. The SMILES string of the molecule is [Si]n1ccnn1. The molecule has 6 heavy (non-hydrogen) atoms. The lowest BCUT2D eigenvalue weighted by Crippen LogP contribution is -1.89. The second kappa shape index (κ2) is 1.21. The second-order valence-corrected chi connectivity index (χ2v) is 1.31. The smallest absolute Gasteiger partial charge is 0.228 e. The molecule has 0 aliphatic rings. The fourth-order valence-electron chi connectivity index (χ4n) is 0.208. The van der Waals surface area contributed by atoms with Crippen LogP contribution in [0, 0.1) is 0 Å². The predicted molar refractivity (Wildman–Crippen MR) is 21.2 cm³/mol. The van der Waals surface area contributed by atoms with Crippen molar-refractivity contribution in [2.24, 2.45) is 0 Å². The fourth-order valence-corrected chi connectivity index (χ4v) is 0.327. The zero-order chi connectivity index (χ0) is 4.41. The Bertz CT molecular complexity index is 112. The van der Waals surface area contributed by atoms with E-state index in [-0.39, 0.29) is 0 Å². The summed E-state index contributed by atoms with van der Waals surface area (Å²) < 4.78 is 1.44. The van der Waals surface area contributed by atoms with Crippen LogP contribution < -0.4 is 0 Å². The first-order valence-electron chi connectivity index (χ1n) is 1.47. The molecule has 1 heterocycles. The van der Waals surface area contributed by atoms with E-state index in [4.69, 9.17) is 0 Å². The van der Waals surface area contributed by atoms with Crippen LogP contribution in [0.2, 0.25) is 0 Å². The Hall–Kier alpha value is -0.643. The summed E-state index contributed by atoms with van der Waals surface area (Å²) in [5, 5.41) is 6.98. The molecule has 0 spiro atoms. The van der Waals surface area contributed by atoms with Gasteiger partial charge in [-0.25, -0.2) is 0 Å². The Morgan fingerprint density at radius 3 is 2.67 bits per heavy atom. The zero-order valence-corrected chi connectivity index (χ0v) is 4.00. The minimum atomic E-state index is 1.44. The van der Waals surface area contributed by atoms with E-state index in [2.05, 4.69) is 20.7 Å². The van der Waals surface area contributed by atoms with Crippen molar-refractivity contribution in [2.75, 3.05) is 0 Å². The van der Waals surface area contributed by atoms with E-state index in [1.807, 2.05) is 0 Å². The number of nitrogens with zero attached hydrogens (tertiary/aromatic N) is 3. The van der Waals surface area contributed by atoms with Crippen LogP contribution in [-0.4, -0.2) is 25.1 Å². The monoisotopic (exact) mass is 96.0 g/mol. The molecule has 0 N–H and O–H groups in total. The van der Waals surface area contributed by atoms with Gasteiger partial charge in [0.1, 0.15) is 0 Å². The summed E-state index contributed by atoms with van der Waals surface area (Å²) in [6.07, 6.45) is 3.28. The van der Waals surface area contributed by atoms with Gasteiger partial charge in [-0.2, -0.15) is 0 Å². The molecule has 0 fully saturated rings. The Labute approximate surface area is 38.5 Å². The highest BCUT2D eigenvalue weighted by atomic mass is 28.2. The highest BCUT2D eigenvalue weighted by Gasteiger charge is 1.71. The van der Waals surface area contributed by atoms with Gasteiger partial charge in [0.2, 0.25) is 10.4 Å². The van der Waals surface area contributed by atoms with Crippen molar-refractivity contribution < 1.29 is 0 Å². The number of hydrogen-bond donors (Lipinski definition) is 0. The van der Waals surface area contributed by atoms with E-state index in [0.29, 0.717) is 0 Å². The molecule has 1 aromatic heterocycles. The highest BCUT2D eigenvalue weighted by Crippen LogP contribution is 1.64. The van der Waals surface area contributed by atoms with Gasteiger partial charge in [0.15, 0.2) is 0 Å². The van der Waals surface area contributed by atoms with E-state index in [9.17, 15) is 0 Å². The second-order valence-electron chi connectivity index (χ2n) is 0.848. The Kier molecular flexibility index (Phi) is 0.718. The third-order valence-electron chi connectivity index (χ3n) is 0.423. The summed E-state index contributed by atoms with van der Waals surface area (Å²) in [6, 6.07) is 0. The average molecular weight is 96.1 g/mol. The van der Waals surface area contributed by atoms with Crippen LogP contribution >= 0.6 is 0 Å². The molecule has 0 saturated carbocycles. The van der Waals surface area contributed by atoms with E-state index in [0.717, 1.165) is 0 Å². The summed E-state index contributed by atoms with van der Waals surface area (Å²) in [4.78, 5) is 0. The summed E-state index contributed by atoms with van der Waals surface area (Å²) in [6.45, 7) is 0. The van der Waals surface area contributed by atoms with E-state index in [1.165, 1.54) is 4.35 Å². The van der Waals surface area contributed by atoms with E-state index >= 15 is 0 Å². The first-order valence-corrected chi connectivity index (χ1v) is 1.92. The number of rotatable bonds is 0. The van der Waals surface area contributed by atoms with Gasteiger partial charge in [-0.05, 0) is 0 Å². The molecule has 0 saturated heterocycles. The van der Waals surface area contributed by atoms with Gasteiger partial charge >= 0.3 is 0 Å². The molecule has 0 aliphatic carbocycles. The Morgan fingerprint density at radius 1 is 1.67 bits per heavy atom. The van der Waals surface area contributed by atoms with Crippen LogP contribution in [0.25, 0.3) is 0 Å². The maximum Gasteiger partial charge on any atom is 0.228 e. The van der Waals surface area contributed by atoms with Crippen LogP contribution in [0.5, 0.6) is 0 Å². The summed E-state index contributed by atoms with van der Waals surface area (Å²) >= 11 is 0. The van der Waals surface area contributed by atoms with Gasteiger partial charge < -0.3 is 0 Å². The van der Waals surface area contributed by atoms with Crippen molar-refractivity contribution in [1.82, 2.24) is 14.7 Å². The van der Waals surface area contributed by atoms with Crippen molar-refractivity contribution in [1.29, 1.82) is 0 Å². The van der Waals surface area contributed by atoms with Crippen molar-refractivity contribution >= 4 is 10.4 Å². The van der Waals surface area contributed by atoms with Gasteiger partial charge in [-0.15, -0.1) is 5.10 Å². The van der Waals surface area contributed by atoms with Gasteiger partial charge in [-0.1, -0.05) is 5.21 Å². The molecule has 0 aromatic carbocycles. The molecule has 1 aromatic rings. The Balaban J connectivity index is 3.05. The average Bonchev–Trinajstić information content (AvgIpc) is 1.86. The lowest BCUT2D eigenvalue weighted by molar-refractivity contribution is 0.878. The van der Waals surface area contributed by atoms with Gasteiger partial charge in [-0.3, -0.25) is 4.35 Å². The highest BCUT2D eigenvalue weighted by molar-refractivity contribution is 6.05. The first-order chi connectivity index (χ1) is 2.89. The zero-order valence-electron chi connectivity index (χ0n) is 3.00. The van der Waals surface area contributed by atoms with Crippen molar-refractivity contribution in [3.05, 3.63) is 12.4 Å². The van der Waals surface area contributed by atoms with Gasteiger partial charge in [0.05, 0.1) is 6.20 Å². The molecular weight excluding hydrogens is 94.1 g/mol. The fraction of sp³-hybridized carbons (Fsp3) is 0.